The van der Waals surface area contributed by atoms with E-state index in [1.54, 1.807) is 42.5 Å². The zero-order valence-corrected chi connectivity index (χ0v) is 17.7. The summed E-state index contributed by atoms with van der Waals surface area (Å²) in [5.74, 6) is -4.32. The van der Waals surface area contributed by atoms with Crippen molar-refractivity contribution in [2.75, 3.05) is 7.05 Å². The third-order valence-electron chi connectivity index (χ3n) is 5.46. The SMILES string of the molecule is CN1C(=O)C(c2ccccc2OC(=O)C(F)(F)F)(c2cccc(-c3ccccc3)c2O)N=C1N. The number of aliphatic imine (C=N–C) groups is 1. The molecule has 34 heavy (non-hydrogen) atoms. The molecule has 1 amide bonds. The van der Waals surface area contributed by atoms with Gasteiger partial charge in [-0.2, -0.15) is 13.2 Å². The first-order valence-corrected chi connectivity index (χ1v) is 9.97. The minimum Gasteiger partial charge on any atom is -0.507 e. The second-order valence-electron chi connectivity index (χ2n) is 7.50. The van der Waals surface area contributed by atoms with E-state index in [9.17, 15) is 27.9 Å². The Balaban J connectivity index is 1.99. The highest BCUT2D eigenvalue weighted by molar-refractivity contribution is 6.10. The number of aromatic hydroxyl groups is 1. The normalized spacial score (nSPS) is 18.1. The number of hydrogen-bond donors (Lipinski definition) is 2. The van der Waals surface area contributed by atoms with Gasteiger partial charge in [0.25, 0.3) is 5.91 Å². The summed E-state index contributed by atoms with van der Waals surface area (Å²) in [5.41, 5.74) is 4.58. The quantitative estimate of drug-likeness (QED) is 0.449. The fourth-order valence-corrected chi connectivity index (χ4v) is 3.84. The van der Waals surface area contributed by atoms with Crippen LogP contribution < -0.4 is 10.5 Å². The van der Waals surface area contributed by atoms with E-state index in [0.29, 0.717) is 11.1 Å². The van der Waals surface area contributed by atoms with Gasteiger partial charge in [-0.25, -0.2) is 9.79 Å². The van der Waals surface area contributed by atoms with E-state index in [2.05, 4.69) is 9.73 Å². The lowest BCUT2D eigenvalue weighted by atomic mass is 9.80. The molecular formula is C24H18F3N3O4. The predicted octanol–water partition coefficient (Wildman–Crippen LogP) is 3.56. The fourth-order valence-electron chi connectivity index (χ4n) is 3.84. The van der Waals surface area contributed by atoms with Crippen molar-refractivity contribution >= 4 is 17.8 Å². The van der Waals surface area contributed by atoms with Gasteiger partial charge in [0.1, 0.15) is 11.5 Å². The lowest BCUT2D eigenvalue weighted by Gasteiger charge is -2.29. The number of benzene rings is 3. The number of guanidine groups is 1. The number of halogens is 3. The molecular weight excluding hydrogens is 451 g/mol. The molecule has 3 aromatic rings. The Bertz CT molecular complexity index is 1310. The summed E-state index contributed by atoms with van der Waals surface area (Å²) >= 11 is 0. The first-order valence-electron chi connectivity index (χ1n) is 9.97. The molecule has 0 radical (unpaired) electrons. The van der Waals surface area contributed by atoms with Crippen molar-refractivity contribution in [3.8, 4) is 22.6 Å². The first kappa shape index (κ1) is 22.8. The van der Waals surface area contributed by atoms with Crippen molar-refractivity contribution < 1.29 is 32.6 Å². The number of hydrogen-bond acceptors (Lipinski definition) is 6. The number of nitrogens with two attached hydrogens (primary N) is 1. The van der Waals surface area contributed by atoms with Crippen molar-refractivity contribution in [1.82, 2.24) is 4.90 Å². The third kappa shape index (κ3) is 3.62. The molecule has 0 saturated carbocycles. The average molecular weight is 469 g/mol. The Hall–Kier alpha value is -4.34. The highest BCUT2D eigenvalue weighted by atomic mass is 19.4. The molecule has 10 heteroatoms. The zero-order valence-electron chi connectivity index (χ0n) is 17.7. The number of ether oxygens (including phenoxy) is 1. The van der Waals surface area contributed by atoms with Crippen molar-refractivity contribution in [3.05, 3.63) is 83.9 Å². The summed E-state index contributed by atoms with van der Waals surface area (Å²) in [6.07, 6.45) is -5.27. The van der Waals surface area contributed by atoms with Gasteiger partial charge in [0.05, 0.1) is 0 Å². The van der Waals surface area contributed by atoms with E-state index >= 15 is 0 Å². The van der Waals surface area contributed by atoms with Gasteiger partial charge in [-0.3, -0.25) is 9.69 Å². The van der Waals surface area contributed by atoms with E-state index in [-0.39, 0.29) is 22.8 Å². The van der Waals surface area contributed by atoms with Gasteiger partial charge < -0.3 is 15.6 Å². The van der Waals surface area contributed by atoms with Crippen LogP contribution in [-0.2, 0) is 15.1 Å². The summed E-state index contributed by atoms with van der Waals surface area (Å²) in [6.45, 7) is 0. The summed E-state index contributed by atoms with van der Waals surface area (Å²) in [4.78, 5) is 30.4. The number of esters is 1. The maximum Gasteiger partial charge on any atom is 0.491 e. The van der Waals surface area contributed by atoms with Crippen LogP contribution in [0.3, 0.4) is 0 Å². The number of amides is 1. The molecule has 7 nitrogen and oxygen atoms in total. The van der Waals surface area contributed by atoms with Gasteiger partial charge in [-0.1, -0.05) is 66.7 Å². The molecule has 174 valence electrons. The number of phenolic OH excluding ortho intramolecular Hbond substituents is 1. The predicted molar refractivity (Wildman–Crippen MR) is 117 cm³/mol. The van der Waals surface area contributed by atoms with Crippen LogP contribution >= 0.6 is 0 Å². The number of nitrogens with zero attached hydrogens (tertiary/aromatic N) is 2. The van der Waals surface area contributed by atoms with Crippen LogP contribution in [0.5, 0.6) is 11.5 Å². The number of alkyl halides is 3. The first-order chi connectivity index (χ1) is 16.1. The number of likely N-dealkylation sites (N-methyl/N-ethyl adjacent to an activating group) is 1. The standard InChI is InChI=1S/C24H18F3N3O4/c1-30-20(32)23(29-22(30)28,16-11-5-6-13-18(16)34-21(33)24(25,26)27)17-12-7-10-15(19(17)31)14-8-3-2-4-9-14/h2-13,31H,1H3,(H2,28,29). The summed E-state index contributed by atoms with van der Waals surface area (Å²) in [6, 6.07) is 18.6. The molecule has 0 aromatic heterocycles. The Labute approximate surface area is 191 Å². The number of rotatable bonds is 4. The van der Waals surface area contributed by atoms with E-state index in [1.165, 1.54) is 31.3 Å². The maximum absolute atomic E-state index is 13.5. The van der Waals surface area contributed by atoms with Crippen LogP contribution in [0.25, 0.3) is 11.1 Å². The fraction of sp³-hybridized carbons (Fsp3) is 0.125. The minimum atomic E-state index is -5.27. The summed E-state index contributed by atoms with van der Waals surface area (Å²) in [7, 11) is 1.34. The average Bonchev–Trinajstić information content (AvgIpc) is 3.04. The van der Waals surface area contributed by atoms with Crippen molar-refractivity contribution in [2.45, 2.75) is 11.7 Å². The molecule has 0 saturated heterocycles. The van der Waals surface area contributed by atoms with E-state index in [0.717, 1.165) is 11.0 Å². The molecule has 3 N–H and O–H groups in total. The van der Waals surface area contributed by atoms with Gasteiger partial charge >= 0.3 is 12.1 Å². The van der Waals surface area contributed by atoms with Gasteiger partial charge in [0, 0.05) is 23.7 Å². The second kappa shape index (κ2) is 8.22. The van der Waals surface area contributed by atoms with Crippen molar-refractivity contribution in [2.24, 2.45) is 10.7 Å². The Morgan fingerprint density at radius 1 is 1.00 bits per heavy atom. The van der Waals surface area contributed by atoms with Crippen molar-refractivity contribution in [1.29, 1.82) is 0 Å². The molecule has 0 spiro atoms. The molecule has 1 unspecified atom stereocenters. The molecule has 1 heterocycles. The summed E-state index contributed by atoms with van der Waals surface area (Å²) in [5, 5.41) is 11.3. The van der Waals surface area contributed by atoms with E-state index < -0.39 is 29.3 Å². The highest BCUT2D eigenvalue weighted by Crippen LogP contribution is 2.48. The van der Waals surface area contributed by atoms with Gasteiger partial charge in [0.2, 0.25) is 5.54 Å². The molecule has 1 aliphatic rings. The monoisotopic (exact) mass is 469 g/mol. The molecule has 0 bridgehead atoms. The van der Waals surface area contributed by atoms with Crippen molar-refractivity contribution in [3.63, 3.8) is 0 Å². The van der Waals surface area contributed by atoms with Gasteiger partial charge in [-0.15, -0.1) is 0 Å². The number of para-hydroxylation sites is 2. The highest BCUT2D eigenvalue weighted by Gasteiger charge is 2.53. The maximum atomic E-state index is 13.5. The van der Waals surface area contributed by atoms with Gasteiger partial charge in [-0.05, 0) is 11.6 Å². The minimum absolute atomic E-state index is 0.0401. The Morgan fingerprint density at radius 2 is 1.62 bits per heavy atom. The number of phenols is 1. The molecule has 4 rings (SSSR count). The van der Waals surface area contributed by atoms with E-state index in [1.807, 2.05) is 0 Å². The summed E-state index contributed by atoms with van der Waals surface area (Å²) < 4.78 is 43.4. The number of carbonyl (C=O) groups is 2. The van der Waals surface area contributed by atoms with E-state index in [4.69, 9.17) is 5.73 Å². The van der Waals surface area contributed by atoms with Crippen LogP contribution in [0.2, 0.25) is 0 Å². The second-order valence-corrected chi connectivity index (χ2v) is 7.50. The lowest BCUT2D eigenvalue weighted by molar-refractivity contribution is -0.189. The Kier molecular flexibility index (Phi) is 5.52. The topological polar surface area (TPSA) is 105 Å². The third-order valence-corrected chi connectivity index (χ3v) is 5.46. The lowest BCUT2D eigenvalue weighted by Crippen LogP contribution is -2.41. The Morgan fingerprint density at radius 3 is 2.24 bits per heavy atom. The van der Waals surface area contributed by atoms with Crippen LogP contribution in [0.4, 0.5) is 13.2 Å². The smallest absolute Gasteiger partial charge is 0.491 e. The van der Waals surface area contributed by atoms with Crippen LogP contribution in [0.1, 0.15) is 11.1 Å². The molecule has 1 aliphatic heterocycles. The molecule has 0 fully saturated rings. The zero-order chi connectivity index (χ0) is 24.7. The van der Waals surface area contributed by atoms with Crippen LogP contribution in [0.15, 0.2) is 77.8 Å². The largest absolute Gasteiger partial charge is 0.507 e. The van der Waals surface area contributed by atoms with Crippen LogP contribution in [0, 0.1) is 0 Å². The van der Waals surface area contributed by atoms with Crippen LogP contribution in [-0.4, -0.2) is 41.1 Å². The molecule has 0 aliphatic carbocycles. The van der Waals surface area contributed by atoms with Gasteiger partial charge in [0.15, 0.2) is 5.96 Å². The molecule has 1 atom stereocenters. The molecule has 3 aromatic carbocycles. The number of carbonyl (C=O) groups excluding carboxylic acids is 2.